The van der Waals surface area contributed by atoms with Crippen molar-refractivity contribution in [2.75, 3.05) is 16.4 Å². The quantitative estimate of drug-likeness (QED) is 0.445. The van der Waals surface area contributed by atoms with Crippen molar-refractivity contribution in [1.29, 1.82) is 0 Å². The van der Waals surface area contributed by atoms with Gasteiger partial charge in [-0.2, -0.15) is 4.98 Å². The van der Waals surface area contributed by atoms with Crippen LogP contribution in [-0.2, 0) is 4.79 Å². The van der Waals surface area contributed by atoms with E-state index in [1.807, 2.05) is 13.0 Å². The second-order valence-electron chi connectivity index (χ2n) is 5.40. The summed E-state index contributed by atoms with van der Waals surface area (Å²) < 4.78 is 0. The Bertz CT molecular complexity index is 808. The Balaban J connectivity index is 2.36. The van der Waals surface area contributed by atoms with E-state index in [1.165, 1.54) is 0 Å². The van der Waals surface area contributed by atoms with E-state index in [2.05, 4.69) is 25.8 Å². The van der Waals surface area contributed by atoms with Crippen LogP contribution in [0.4, 0.5) is 23.1 Å². The molecule has 1 atom stereocenters. The van der Waals surface area contributed by atoms with Crippen molar-refractivity contribution in [3.8, 4) is 0 Å². The molecule has 25 heavy (non-hydrogen) atoms. The lowest BCUT2D eigenvalue weighted by Crippen LogP contribution is -2.35. The zero-order chi connectivity index (χ0) is 18.6. The number of nitrogens with one attached hydrogen (secondary N) is 2. The second-order valence-corrected chi connectivity index (χ2v) is 5.40. The Morgan fingerprint density at radius 3 is 2.52 bits per heavy atom. The molecule has 2 amide bonds. The van der Waals surface area contributed by atoms with Gasteiger partial charge >= 0.3 is 0 Å². The first kappa shape index (κ1) is 17.9. The lowest BCUT2D eigenvalue weighted by Gasteiger charge is -2.14. The molecule has 132 valence electrons. The van der Waals surface area contributed by atoms with Gasteiger partial charge in [-0.15, -0.1) is 10.2 Å². The molecule has 0 unspecified atom stereocenters. The smallest absolute Gasteiger partial charge is 0.273 e. The summed E-state index contributed by atoms with van der Waals surface area (Å²) in [7, 11) is 0. The molecule has 0 bridgehead atoms. The van der Waals surface area contributed by atoms with Gasteiger partial charge in [0.25, 0.3) is 5.91 Å². The summed E-state index contributed by atoms with van der Waals surface area (Å²) in [4.78, 5) is 27.1. The summed E-state index contributed by atoms with van der Waals surface area (Å²) in [6.45, 7) is 3.65. The zero-order valence-electron chi connectivity index (χ0n) is 13.9. The number of nitrogens with zero attached hydrogens (tertiary/aromatic N) is 3. The van der Waals surface area contributed by atoms with Crippen LogP contribution in [0.15, 0.2) is 18.2 Å². The number of amides is 2. The first-order chi connectivity index (χ1) is 11.8. The Morgan fingerprint density at radius 1 is 1.24 bits per heavy atom. The van der Waals surface area contributed by atoms with Crippen LogP contribution in [0.2, 0.25) is 0 Å². The first-order valence-corrected chi connectivity index (χ1v) is 7.55. The minimum absolute atomic E-state index is 0.0400. The molecule has 1 aromatic carbocycles. The van der Waals surface area contributed by atoms with Crippen LogP contribution in [0.3, 0.4) is 0 Å². The largest absolute Gasteiger partial charge is 0.398 e. The van der Waals surface area contributed by atoms with Crippen molar-refractivity contribution >= 4 is 35.0 Å². The molecule has 1 aromatic heterocycles. The van der Waals surface area contributed by atoms with Gasteiger partial charge < -0.3 is 27.8 Å². The summed E-state index contributed by atoms with van der Waals surface area (Å²) in [6.07, 6.45) is 0.438. The van der Waals surface area contributed by atoms with Crippen LogP contribution in [0.25, 0.3) is 0 Å². The van der Waals surface area contributed by atoms with Gasteiger partial charge in [0.05, 0.1) is 0 Å². The Hall–Kier alpha value is -3.43. The van der Waals surface area contributed by atoms with E-state index in [9.17, 15) is 9.59 Å². The number of nitrogens with two attached hydrogens (primary N) is 3. The molecule has 2 rings (SSSR count). The molecule has 10 nitrogen and oxygen atoms in total. The maximum atomic E-state index is 11.6. The molecular weight excluding hydrogens is 324 g/mol. The lowest BCUT2D eigenvalue weighted by molar-refractivity contribution is -0.118. The minimum Gasteiger partial charge on any atom is -0.398 e. The number of hydrogen-bond acceptors (Lipinski definition) is 8. The average Bonchev–Trinajstić information content (AvgIpc) is 2.55. The van der Waals surface area contributed by atoms with Gasteiger partial charge in [0.1, 0.15) is 6.04 Å². The van der Waals surface area contributed by atoms with Crippen LogP contribution in [0.5, 0.6) is 0 Å². The number of anilines is 4. The molecule has 0 fully saturated rings. The van der Waals surface area contributed by atoms with Crippen molar-refractivity contribution in [2.24, 2.45) is 11.5 Å². The number of primary amides is 2. The number of hydrogen-bond donors (Lipinski definition) is 5. The maximum Gasteiger partial charge on any atom is 0.273 e. The maximum absolute atomic E-state index is 11.6. The van der Waals surface area contributed by atoms with Gasteiger partial charge in [-0.3, -0.25) is 9.59 Å². The number of aromatic nitrogens is 3. The molecule has 0 spiro atoms. The van der Waals surface area contributed by atoms with Crippen molar-refractivity contribution < 1.29 is 9.59 Å². The van der Waals surface area contributed by atoms with E-state index in [4.69, 9.17) is 17.2 Å². The highest BCUT2D eigenvalue weighted by atomic mass is 16.1. The lowest BCUT2D eigenvalue weighted by atomic mass is 10.2. The Kier molecular flexibility index (Phi) is 5.32. The highest BCUT2D eigenvalue weighted by Gasteiger charge is 2.18. The molecular formula is C15H20N8O2. The number of aryl methyl sites for hydroxylation is 1. The van der Waals surface area contributed by atoms with Crippen LogP contribution < -0.4 is 27.8 Å². The minimum atomic E-state index is -0.795. The summed E-state index contributed by atoms with van der Waals surface area (Å²) in [5.41, 5.74) is 18.4. The Morgan fingerprint density at radius 2 is 1.96 bits per heavy atom. The summed E-state index contributed by atoms with van der Waals surface area (Å²) >= 11 is 0. The molecule has 0 aliphatic heterocycles. The third kappa shape index (κ3) is 4.31. The predicted octanol–water partition coefficient (Wildman–Crippen LogP) is 0.281. The summed E-state index contributed by atoms with van der Waals surface area (Å²) in [5.74, 6) is -1.22. The third-order valence-electron chi connectivity index (χ3n) is 3.52. The standard InChI is InChI=1S/C15H20N8O2/c1-3-10(12(17)24)20-15-21-14(11(13(18)25)22-23-15)19-8-5-4-7(2)9(16)6-8/h4-6,10H,3,16H2,1-2H3,(H2,17,24)(H2,18,25)(H2,19,20,21,23)/t10-/m1/s1. The molecule has 0 radical (unpaired) electrons. The number of nitrogen functional groups attached to an aromatic ring is 1. The number of benzene rings is 1. The van der Waals surface area contributed by atoms with Crippen molar-refractivity contribution in [1.82, 2.24) is 15.2 Å². The topological polar surface area (TPSA) is 175 Å². The van der Waals surface area contributed by atoms with Crippen LogP contribution >= 0.6 is 0 Å². The van der Waals surface area contributed by atoms with E-state index in [0.29, 0.717) is 17.8 Å². The highest BCUT2D eigenvalue weighted by molar-refractivity contribution is 5.96. The van der Waals surface area contributed by atoms with Crippen molar-refractivity contribution in [3.05, 3.63) is 29.5 Å². The van der Waals surface area contributed by atoms with Crippen LogP contribution in [0.1, 0.15) is 29.4 Å². The second kappa shape index (κ2) is 7.43. The molecule has 1 heterocycles. The summed E-state index contributed by atoms with van der Waals surface area (Å²) in [5, 5.41) is 13.2. The van der Waals surface area contributed by atoms with Crippen LogP contribution in [0, 0.1) is 6.92 Å². The van der Waals surface area contributed by atoms with E-state index < -0.39 is 17.9 Å². The number of carbonyl (C=O) groups excluding carboxylic acids is 2. The van der Waals surface area contributed by atoms with Gasteiger partial charge in [-0.25, -0.2) is 0 Å². The van der Waals surface area contributed by atoms with E-state index in [1.54, 1.807) is 19.1 Å². The van der Waals surface area contributed by atoms with Gasteiger partial charge in [0.15, 0.2) is 11.5 Å². The summed E-state index contributed by atoms with van der Waals surface area (Å²) in [6, 6.07) is 4.61. The third-order valence-corrected chi connectivity index (χ3v) is 3.52. The van der Waals surface area contributed by atoms with Gasteiger partial charge in [0, 0.05) is 11.4 Å². The fourth-order valence-corrected chi connectivity index (χ4v) is 2.03. The molecule has 0 aliphatic carbocycles. The molecule has 0 saturated carbocycles. The Labute approximate surface area is 144 Å². The van der Waals surface area contributed by atoms with Gasteiger partial charge in [-0.1, -0.05) is 13.0 Å². The first-order valence-electron chi connectivity index (χ1n) is 7.55. The highest BCUT2D eigenvalue weighted by Crippen LogP contribution is 2.22. The molecule has 2 aromatic rings. The SMILES string of the molecule is CC[C@@H](Nc1nnc(C(N)=O)c(Nc2ccc(C)c(N)c2)n1)C(N)=O. The van der Waals surface area contributed by atoms with Crippen molar-refractivity contribution in [3.63, 3.8) is 0 Å². The molecule has 8 N–H and O–H groups in total. The van der Waals surface area contributed by atoms with E-state index >= 15 is 0 Å². The average molecular weight is 344 g/mol. The molecule has 10 heteroatoms. The normalized spacial score (nSPS) is 11.6. The molecule has 0 aliphatic rings. The fraction of sp³-hybridized carbons (Fsp3) is 0.267. The predicted molar refractivity (Wildman–Crippen MR) is 94.1 cm³/mol. The van der Waals surface area contributed by atoms with E-state index in [-0.39, 0.29) is 17.5 Å². The van der Waals surface area contributed by atoms with E-state index in [0.717, 1.165) is 5.56 Å². The zero-order valence-corrected chi connectivity index (χ0v) is 13.9. The van der Waals surface area contributed by atoms with Gasteiger partial charge in [-0.05, 0) is 31.0 Å². The fourth-order valence-electron chi connectivity index (χ4n) is 2.03. The molecule has 0 saturated heterocycles. The number of carbonyl (C=O) groups is 2. The monoisotopic (exact) mass is 344 g/mol. The number of rotatable bonds is 7. The van der Waals surface area contributed by atoms with Crippen LogP contribution in [-0.4, -0.2) is 33.0 Å². The van der Waals surface area contributed by atoms with Gasteiger partial charge in [0.2, 0.25) is 11.9 Å². The van der Waals surface area contributed by atoms with Crippen molar-refractivity contribution in [2.45, 2.75) is 26.3 Å².